The van der Waals surface area contributed by atoms with E-state index in [1.807, 2.05) is 24.3 Å². The summed E-state index contributed by atoms with van der Waals surface area (Å²) in [5, 5.41) is 11.6. The molecule has 0 aliphatic carbocycles. The SMILES string of the molecule is O=C(O)CCSc1ccc(CNC(=O)[C@@H]2Cc3ccccc3N2S(=O)(=O)c2ccc(-c3cccc(C(F)(F)F)c3)cc2)cc1. The molecule has 1 aliphatic rings. The zero-order valence-electron chi connectivity index (χ0n) is 23.1. The summed E-state index contributed by atoms with van der Waals surface area (Å²) in [6.07, 6.45) is -4.29. The van der Waals surface area contributed by atoms with Crippen LogP contribution in [0.4, 0.5) is 18.9 Å². The first kappa shape index (κ1) is 31.1. The first-order chi connectivity index (χ1) is 20.9. The van der Waals surface area contributed by atoms with E-state index in [4.69, 9.17) is 5.11 Å². The number of hydrogen-bond donors (Lipinski definition) is 2. The minimum atomic E-state index is -4.51. The monoisotopic (exact) mass is 640 g/mol. The number of carboxylic acid groups (broad SMARTS) is 1. The second-order valence-electron chi connectivity index (χ2n) is 10.1. The summed E-state index contributed by atoms with van der Waals surface area (Å²) in [7, 11) is -4.23. The van der Waals surface area contributed by atoms with Crippen molar-refractivity contribution >= 4 is 39.3 Å². The van der Waals surface area contributed by atoms with E-state index < -0.39 is 39.7 Å². The number of carbonyl (C=O) groups is 2. The lowest BCUT2D eigenvalue weighted by molar-refractivity contribution is -0.138. The normalized spacial score (nSPS) is 14.7. The highest BCUT2D eigenvalue weighted by Crippen LogP contribution is 2.38. The number of nitrogens with zero attached hydrogens (tertiary/aromatic N) is 1. The van der Waals surface area contributed by atoms with Gasteiger partial charge in [-0.15, -0.1) is 11.8 Å². The van der Waals surface area contributed by atoms with E-state index in [1.54, 1.807) is 24.3 Å². The van der Waals surface area contributed by atoms with E-state index in [2.05, 4.69) is 5.32 Å². The number of sulfonamides is 1. The van der Waals surface area contributed by atoms with Gasteiger partial charge in [-0.25, -0.2) is 8.42 Å². The third-order valence-corrected chi connectivity index (χ3v) is 9.99. The van der Waals surface area contributed by atoms with Crippen molar-refractivity contribution in [2.75, 3.05) is 10.1 Å². The fourth-order valence-electron chi connectivity index (χ4n) is 4.93. The number of anilines is 1. The predicted octanol–water partition coefficient (Wildman–Crippen LogP) is 6.38. The second kappa shape index (κ2) is 12.7. The molecule has 0 fully saturated rings. The smallest absolute Gasteiger partial charge is 0.416 e. The Morgan fingerprint density at radius 1 is 0.909 bits per heavy atom. The molecule has 0 spiro atoms. The molecule has 1 amide bonds. The van der Waals surface area contributed by atoms with Gasteiger partial charge in [0.15, 0.2) is 0 Å². The van der Waals surface area contributed by atoms with Crippen LogP contribution in [0.25, 0.3) is 11.1 Å². The quantitative estimate of drug-likeness (QED) is 0.195. The van der Waals surface area contributed by atoms with Crippen molar-refractivity contribution in [3.63, 3.8) is 0 Å². The van der Waals surface area contributed by atoms with Gasteiger partial charge in [-0.2, -0.15) is 13.2 Å². The first-order valence-corrected chi connectivity index (χ1v) is 16.0. The number of halogens is 3. The van der Waals surface area contributed by atoms with Crippen molar-refractivity contribution in [3.8, 4) is 11.1 Å². The van der Waals surface area contributed by atoms with Crippen LogP contribution in [0, 0.1) is 0 Å². The zero-order chi connectivity index (χ0) is 31.5. The summed E-state index contributed by atoms with van der Waals surface area (Å²) >= 11 is 1.41. The Labute approximate surface area is 256 Å². The molecule has 0 saturated heterocycles. The molecule has 5 rings (SSSR count). The third-order valence-electron chi connectivity index (χ3n) is 7.14. The van der Waals surface area contributed by atoms with Gasteiger partial charge in [0.05, 0.1) is 22.6 Å². The fraction of sp³-hybridized carbons (Fsp3) is 0.188. The summed E-state index contributed by atoms with van der Waals surface area (Å²) in [6.45, 7) is 0.158. The molecular formula is C32H27F3N2O5S2. The number of carboxylic acids is 1. The Balaban J connectivity index is 1.33. The van der Waals surface area contributed by atoms with E-state index in [9.17, 15) is 31.2 Å². The average Bonchev–Trinajstić information content (AvgIpc) is 3.41. The van der Waals surface area contributed by atoms with Crippen molar-refractivity contribution in [3.05, 3.63) is 114 Å². The minimum absolute atomic E-state index is 0.0473. The van der Waals surface area contributed by atoms with Crippen molar-refractivity contribution < 1.29 is 36.3 Å². The van der Waals surface area contributed by atoms with Crippen LogP contribution in [0.5, 0.6) is 0 Å². The lowest BCUT2D eigenvalue weighted by Gasteiger charge is -2.26. The van der Waals surface area contributed by atoms with Crippen molar-refractivity contribution in [1.29, 1.82) is 0 Å². The molecule has 4 aromatic carbocycles. The Morgan fingerprint density at radius 3 is 2.30 bits per heavy atom. The Bertz CT molecular complexity index is 1780. The highest BCUT2D eigenvalue weighted by Gasteiger charge is 2.42. The highest BCUT2D eigenvalue weighted by molar-refractivity contribution is 7.99. The molecule has 1 aliphatic heterocycles. The number of para-hydroxylation sites is 1. The van der Waals surface area contributed by atoms with Crippen LogP contribution in [0.2, 0.25) is 0 Å². The highest BCUT2D eigenvalue weighted by atomic mass is 32.2. The molecule has 0 aromatic heterocycles. The number of aliphatic carboxylic acids is 1. The Hall–Kier alpha value is -4.29. The van der Waals surface area contributed by atoms with Crippen LogP contribution in [0.3, 0.4) is 0 Å². The lowest BCUT2D eigenvalue weighted by Crippen LogP contribution is -2.47. The van der Waals surface area contributed by atoms with Gasteiger partial charge in [-0.05, 0) is 64.7 Å². The number of hydrogen-bond acceptors (Lipinski definition) is 5. The summed E-state index contributed by atoms with van der Waals surface area (Å²) < 4.78 is 68.6. The molecular weight excluding hydrogens is 613 g/mol. The standard InChI is InChI=1S/C32H27F3N2O5S2/c33-32(34,35)25-6-3-5-23(18-25)22-10-14-27(15-11-22)44(41,42)37-28-7-2-1-4-24(28)19-29(37)31(40)36-20-21-8-12-26(13-9-21)43-17-16-30(38)39/h1-15,18,29H,16-17,19-20H2,(H,36,40)(H,38,39)/t29-/m0/s1. The maximum Gasteiger partial charge on any atom is 0.416 e. The van der Waals surface area contributed by atoms with Crippen molar-refractivity contribution in [2.45, 2.75) is 41.4 Å². The minimum Gasteiger partial charge on any atom is -0.481 e. The molecule has 2 N–H and O–H groups in total. The second-order valence-corrected chi connectivity index (χ2v) is 13.1. The predicted molar refractivity (Wildman–Crippen MR) is 162 cm³/mol. The molecule has 12 heteroatoms. The molecule has 0 saturated carbocycles. The summed E-state index contributed by atoms with van der Waals surface area (Å²) in [5.74, 6) is -0.911. The molecule has 4 aromatic rings. The van der Waals surface area contributed by atoms with E-state index in [0.717, 1.165) is 26.9 Å². The maximum absolute atomic E-state index is 13.9. The number of rotatable bonds is 10. The van der Waals surface area contributed by atoms with E-state index in [0.29, 0.717) is 28.1 Å². The molecule has 1 heterocycles. The zero-order valence-corrected chi connectivity index (χ0v) is 24.8. The number of thioether (sulfide) groups is 1. The van der Waals surface area contributed by atoms with E-state index >= 15 is 0 Å². The number of carbonyl (C=O) groups excluding carboxylic acids is 1. The average molecular weight is 641 g/mol. The largest absolute Gasteiger partial charge is 0.481 e. The number of fused-ring (bicyclic) bond motifs is 1. The summed E-state index contributed by atoms with van der Waals surface area (Å²) in [4.78, 5) is 24.9. The van der Waals surface area contributed by atoms with Crippen LogP contribution < -0.4 is 9.62 Å². The number of amides is 1. The van der Waals surface area contributed by atoms with E-state index in [-0.39, 0.29) is 24.3 Å². The van der Waals surface area contributed by atoms with Crippen molar-refractivity contribution in [2.24, 2.45) is 0 Å². The van der Waals surface area contributed by atoms with Gasteiger partial charge in [-0.1, -0.05) is 54.6 Å². The van der Waals surface area contributed by atoms with Gasteiger partial charge in [0.1, 0.15) is 6.04 Å². The van der Waals surface area contributed by atoms with Gasteiger partial charge in [0.25, 0.3) is 10.0 Å². The molecule has 44 heavy (non-hydrogen) atoms. The number of alkyl halides is 3. The first-order valence-electron chi connectivity index (χ1n) is 13.5. The van der Waals surface area contributed by atoms with Crippen LogP contribution in [-0.4, -0.2) is 37.2 Å². The van der Waals surface area contributed by atoms with Crippen LogP contribution in [0.1, 0.15) is 23.1 Å². The fourth-order valence-corrected chi connectivity index (χ4v) is 7.42. The molecule has 0 unspecified atom stereocenters. The third kappa shape index (κ3) is 6.92. The summed E-state index contributed by atoms with van der Waals surface area (Å²) in [5.41, 5.74) is 1.77. The molecule has 0 radical (unpaired) electrons. The van der Waals surface area contributed by atoms with Crippen LogP contribution in [0.15, 0.2) is 107 Å². The van der Waals surface area contributed by atoms with Gasteiger partial charge in [0, 0.05) is 23.6 Å². The molecule has 0 bridgehead atoms. The maximum atomic E-state index is 13.9. The summed E-state index contributed by atoms with van der Waals surface area (Å²) in [6, 6.07) is 23.4. The Kier molecular flexibility index (Phi) is 9.02. The number of benzene rings is 4. The lowest BCUT2D eigenvalue weighted by atomic mass is 10.0. The van der Waals surface area contributed by atoms with E-state index in [1.165, 1.54) is 48.2 Å². The van der Waals surface area contributed by atoms with Gasteiger partial charge in [0.2, 0.25) is 5.91 Å². The molecule has 7 nitrogen and oxygen atoms in total. The van der Waals surface area contributed by atoms with Crippen LogP contribution in [-0.2, 0) is 38.8 Å². The topological polar surface area (TPSA) is 104 Å². The van der Waals surface area contributed by atoms with Gasteiger partial charge < -0.3 is 10.4 Å². The van der Waals surface area contributed by atoms with Gasteiger partial charge >= 0.3 is 12.1 Å². The Morgan fingerprint density at radius 2 is 1.61 bits per heavy atom. The van der Waals surface area contributed by atoms with Crippen molar-refractivity contribution in [1.82, 2.24) is 5.32 Å². The molecule has 228 valence electrons. The molecule has 1 atom stereocenters. The van der Waals surface area contributed by atoms with Gasteiger partial charge in [-0.3, -0.25) is 13.9 Å². The number of nitrogens with one attached hydrogen (secondary N) is 1. The van der Waals surface area contributed by atoms with Crippen LogP contribution >= 0.6 is 11.8 Å².